The van der Waals surface area contributed by atoms with Gasteiger partial charge in [-0.05, 0) is 50.5 Å². The molecule has 3 rings (SSSR count). The van der Waals surface area contributed by atoms with Crippen molar-refractivity contribution in [2.75, 3.05) is 18.0 Å². The molecule has 1 fully saturated rings. The van der Waals surface area contributed by atoms with Crippen LogP contribution < -0.4 is 4.90 Å². The second kappa shape index (κ2) is 4.89. The van der Waals surface area contributed by atoms with Gasteiger partial charge < -0.3 is 9.32 Å². The molecule has 2 aromatic rings. The number of nitrogens with zero attached hydrogens (tertiary/aromatic N) is 1. The molecular formula is C16H19NO. The summed E-state index contributed by atoms with van der Waals surface area (Å²) in [5.41, 5.74) is 3.82. The lowest BCUT2D eigenvalue weighted by Crippen LogP contribution is -2.29. The summed E-state index contributed by atoms with van der Waals surface area (Å²) < 4.78 is 5.58. The minimum atomic E-state index is 0.972. The van der Waals surface area contributed by atoms with Crippen LogP contribution >= 0.6 is 0 Å². The van der Waals surface area contributed by atoms with Gasteiger partial charge in [0.05, 0.1) is 6.26 Å². The lowest BCUT2D eigenvalue weighted by atomic mass is 10.0. The molecule has 94 valence electrons. The molecular weight excluding hydrogens is 222 g/mol. The van der Waals surface area contributed by atoms with Gasteiger partial charge in [0.2, 0.25) is 0 Å². The van der Waals surface area contributed by atoms with Crippen LogP contribution in [0.15, 0.2) is 41.0 Å². The Kier molecular flexibility index (Phi) is 3.09. The van der Waals surface area contributed by atoms with Crippen molar-refractivity contribution in [3.05, 3.63) is 42.2 Å². The van der Waals surface area contributed by atoms with Crippen LogP contribution in [-0.2, 0) is 0 Å². The van der Waals surface area contributed by atoms with E-state index in [0.29, 0.717) is 0 Å². The third kappa shape index (κ3) is 2.15. The molecule has 2 heteroatoms. The average Bonchev–Trinajstić information content (AvgIpc) is 2.93. The minimum absolute atomic E-state index is 0.972. The predicted octanol–water partition coefficient (Wildman–Crippen LogP) is 4.25. The zero-order valence-corrected chi connectivity index (χ0v) is 10.9. The summed E-state index contributed by atoms with van der Waals surface area (Å²) in [6.45, 7) is 4.46. The van der Waals surface area contributed by atoms with E-state index in [2.05, 4.69) is 30.0 Å². The smallest absolute Gasteiger partial charge is 0.135 e. The van der Waals surface area contributed by atoms with Crippen LogP contribution in [0, 0.1) is 6.92 Å². The molecule has 0 spiro atoms. The average molecular weight is 241 g/mol. The highest BCUT2D eigenvalue weighted by Gasteiger charge is 2.16. The summed E-state index contributed by atoms with van der Waals surface area (Å²) >= 11 is 0. The van der Waals surface area contributed by atoms with Crippen molar-refractivity contribution >= 4 is 5.69 Å². The van der Waals surface area contributed by atoms with E-state index >= 15 is 0 Å². The highest BCUT2D eigenvalue weighted by molar-refractivity contribution is 5.76. The molecule has 0 unspecified atom stereocenters. The van der Waals surface area contributed by atoms with E-state index in [1.54, 1.807) is 6.26 Å². The van der Waals surface area contributed by atoms with Crippen molar-refractivity contribution in [2.24, 2.45) is 0 Å². The first kappa shape index (κ1) is 11.4. The van der Waals surface area contributed by atoms with Gasteiger partial charge in [-0.2, -0.15) is 0 Å². The first-order valence-electron chi connectivity index (χ1n) is 6.74. The molecule has 2 heterocycles. The van der Waals surface area contributed by atoms with Crippen LogP contribution in [0.25, 0.3) is 11.3 Å². The number of furan rings is 1. The lowest BCUT2D eigenvalue weighted by Gasteiger charge is -2.30. The molecule has 0 atom stereocenters. The summed E-state index contributed by atoms with van der Waals surface area (Å²) in [5, 5.41) is 0. The number of piperidine rings is 1. The largest absolute Gasteiger partial charge is 0.464 e. The molecule has 18 heavy (non-hydrogen) atoms. The number of hydrogen-bond donors (Lipinski definition) is 0. The van der Waals surface area contributed by atoms with Crippen molar-refractivity contribution in [3.8, 4) is 11.3 Å². The van der Waals surface area contributed by atoms with E-state index in [9.17, 15) is 0 Å². The van der Waals surface area contributed by atoms with Crippen LogP contribution in [0.4, 0.5) is 5.69 Å². The van der Waals surface area contributed by atoms with E-state index in [4.69, 9.17) is 4.42 Å². The number of aryl methyl sites for hydroxylation is 1. The Balaban J connectivity index is 2.02. The van der Waals surface area contributed by atoms with Gasteiger partial charge in [0.25, 0.3) is 0 Å². The number of hydrogen-bond acceptors (Lipinski definition) is 2. The van der Waals surface area contributed by atoms with Crippen molar-refractivity contribution in [2.45, 2.75) is 26.2 Å². The minimum Gasteiger partial charge on any atom is -0.464 e. The normalized spacial score (nSPS) is 15.9. The van der Waals surface area contributed by atoms with Crippen LogP contribution in [0.2, 0.25) is 0 Å². The Bertz CT molecular complexity index is 510. The topological polar surface area (TPSA) is 16.4 Å². The fourth-order valence-corrected chi connectivity index (χ4v) is 2.69. The molecule has 0 amide bonds. The quantitative estimate of drug-likeness (QED) is 0.781. The maximum atomic E-state index is 5.58. The molecule has 0 bridgehead atoms. The van der Waals surface area contributed by atoms with E-state index in [0.717, 1.165) is 18.8 Å². The van der Waals surface area contributed by atoms with Gasteiger partial charge in [0.15, 0.2) is 0 Å². The first-order valence-corrected chi connectivity index (χ1v) is 6.74. The maximum Gasteiger partial charge on any atom is 0.135 e. The number of rotatable bonds is 2. The standard InChI is InChI=1S/C16H19NO/c1-13-7-8-15(17-9-3-2-4-10-17)14(12-13)16-6-5-11-18-16/h5-8,11-12H,2-4,9-10H2,1H3. The monoisotopic (exact) mass is 241 g/mol. The van der Waals surface area contributed by atoms with Gasteiger partial charge >= 0.3 is 0 Å². The van der Waals surface area contributed by atoms with E-state index in [1.165, 1.54) is 36.1 Å². The summed E-state index contributed by atoms with van der Waals surface area (Å²) in [6, 6.07) is 10.7. The van der Waals surface area contributed by atoms with Gasteiger partial charge in [-0.15, -0.1) is 0 Å². The van der Waals surface area contributed by atoms with Crippen molar-refractivity contribution in [1.82, 2.24) is 0 Å². The molecule has 0 aliphatic carbocycles. The van der Waals surface area contributed by atoms with Crippen LogP contribution in [0.5, 0.6) is 0 Å². The fraction of sp³-hybridized carbons (Fsp3) is 0.375. The summed E-state index contributed by atoms with van der Waals surface area (Å²) in [4.78, 5) is 2.49. The van der Waals surface area contributed by atoms with E-state index in [1.807, 2.05) is 12.1 Å². The highest BCUT2D eigenvalue weighted by atomic mass is 16.3. The molecule has 1 aromatic heterocycles. The third-order valence-electron chi connectivity index (χ3n) is 3.64. The highest BCUT2D eigenvalue weighted by Crippen LogP contribution is 2.33. The Morgan fingerprint density at radius 2 is 1.89 bits per heavy atom. The van der Waals surface area contributed by atoms with Crippen LogP contribution in [-0.4, -0.2) is 13.1 Å². The SMILES string of the molecule is Cc1ccc(N2CCCCC2)c(-c2ccco2)c1. The van der Waals surface area contributed by atoms with Gasteiger partial charge in [0, 0.05) is 24.3 Å². The van der Waals surface area contributed by atoms with Gasteiger partial charge in [-0.25, -0.2) is 0 Å². The molecule has 1 aromatic carbocycles. The van der Waals surface area contributed by atoms with Crippen molar-refractivity contribution < 1.29 is 4.42 Å². The Morgan fingerprint density at radius 3 is 2.61 bits per heavy atom. The maximum absolute atomic E-state index is 5.58. The first-order chi connectivity index (χ1) is 8.84. The van der Waals surface area contributed by atoms with Crippen molar-refractivity contribution in [3.63, 3.8) is 0 Å². The second-order valence-corrected chi connectivity index (χ2v) is 5.05. The van der Waals surface area contributed by atoms with Crippen molar-refractivity contribution in [1.29, 1.82) is 0 Å². The van der Waals surface area contributed by atoms with Gasteiger partial charge in [0.1, 0.15) is 5.76 Å². The second-order valence-electron chi connectivity index (χ2n) is 5.05. The Hall–Kier alpha value is -1.70. The van der Waals surface area contributed by atoms with Crippen LogP contribution in [0.1, 0.15) is 24.8 Å². The summed E-state index contributed by atoms with van der Waals surface area (Å²) in [6.07, 6.45) is 5.70. The lowest BCUT2D eigenvalue weighted by molar-refractivity contribution is 0.571. The van der Waals surface area contributed by atoms with Gasteiger partial charge in [-0.1, -0.05) is 11.6 Å². The molecule has 0 radical (unpaired) electrons. The Morgan fingerprint density at radius 1 is 1.06 bits per heavy atom. The third-order valence-corrected chi connectivity index (χ3v) is 3.64. The van der Waals surface area contributed by atoms with E-state index in [-0.39, 0.29) is 0 Å². The predicted molar refractivity (Wildman–Crippen MR) is 74.9 cm³/mol. The zero-order valence-electron chi connectivity index (χ0n) is 10.9. The molecule has 1 aliphatic heterocycles. The van der Waals surface area contributed by atoms with E-state index < -0.39 is 0 Å². The van der Waals surface area contributed by atoms with Crippen LogP contribution in [0.3, 0.4) is 0 Å². The Labute approximate surface area is 108 Å². The molecule has 1 saturated heterocycles. The summed E-state index contributed by atoms with van der Waals surface area (Å²) in [5.74, 6) is 0.972. The number of benzene rings is 1. The fourth-order valence-electron chi connectivity index (χ4n) is 2.69. The zero-order chi connectivity index (χ0) is 12.4. The molecule has 2 nitrogen and oxygen atoms in total. The molecule has 1 aliphatic rings. The summed E-state index contributed by atoms with van der Waals surface area (Å²) in [7, 11) is 0. The molecule has 0 N–H and O–H groups in total. The van der Waals surface area contributed by atoms with Gasteiger partial charge in [-0.3, -0.25) is 0 Å². The number of anilines is 1. The molecule has 0 saturated carbocycles.